The van der Waals surface area contributed by atoms with Crippen LogP contribution in [-0.4, -0.2) is 39.7 Å². The van der Waals surface area contributed by atoms with Crippen LogP contribution in [0.15, 0.2) is 24.4 Å². The number of carboxylic acids is 1. The van der Waals surface area contributed by atoms with Gasteiger partial charge in [0.1, 0.15) is 6.04 Å². The number of aliphatic hydroxyl groups is 1. The van der Waals surface area contributed by atoms with Gasteiger partial charge in [-0.2, -0.15) is 0 Å². The molecule has 1 aromatic rings. The number of carboxylic acid groups (broad SMARTS) is 1. The lowest BCUT2D eigenvalue weighted by Gasteiger charge is -2.10. The summed E-state index contributed by atoms with van der Waals surface area (Å²) in [6.45, 7) is -0.636. The van der Waals surface area contributed by atoms with Gasteiger partial charge in [0, 0.05) is 11.9 Å². The van der Waals surface area contributed by atoms with Gasteiger partial charge in [-0.25, -0.2) is 4.79 Å². The van der Waals surface area contributed by atoms with Crippen molar-refractivity contribution in [2.45, 2.75) is 12.5 Å². The van der Waals surface area contributed by atoms with Crippen LogP contribution in [0.5, 0.6) is 0 Å². The Bertz CT molecular complexity index is 366. The second kappa shape index (κ2) is 5.82. The molecule has 6 heteroatoms. The van der Waals surface area contributed by atoms with Gasteiger partial charge < -0.3 is 15.5 Å². The predicted molar refractivity (Wildman–Crippen MR) is 54.6 cm³/mol. The van der Waals surface area contributed by atoms with Crippen LogP contribution in [0.2, 0.25) is 0 Å². The van der Waals surface area contributed by atoms with E-state index in [4.69, 9.17) is 10.2 Å². The van der Waals surface area contributed by atoms with E-state index in [1.165, 1.54) is 0 Å². The van der Waals surface area contributed by atoms with E-state index in [2.05, 4.69) is 10.3 Å². The van der Waals surface area contributed by atoms with Crippen molar-refractivity contribution in [2.24, 2.45) is 0 Å². The van der Waals surface area contributed by atoms with Crippen molar-refractivity contribution in [3.8, 4) is 0 Å². The summed E-state index contributed by atoms with van der Waals surface area (Å²) in [4.78, 5) is 25.8. The summed E-state index contributed by atoms with van der Waals surface area (Å²) in [5.74, 6) is -1.75. The molecule has 0 radical (unpaired) electrons. The summed E-state index contributed by atoms with van der Waals surface area (Å²) in [6, 6.07) is 3.84. The third-order valence-electron chi connectivity index (χ3n) is 1.88. The molecule has 0 aromatic carbocycles. The minimum atomic E-state index is -1.27. The van der Waals surface area contributed by atoms with Gasteiger partial charge in [-0.05, 0) is 12.1 Å². The van der Waals surface area contributed by atoms with Crippen molar-refractivity contribution in [1.29, 1.82) is 0 Å². The zero-order valence-corrected chi connectivity index (χ0v) is 8.46. The molecule has 1 aromatic heterocycles. The first kappa shape index (κ1) is 12.1. The molecule has 0 saturated heterocycles. The van der Waals surface area contributed by atoms with E-state index < -0.39 is 24.5 Å². The molecule has 1 atom stereocenters. The topological polar surface area (TPSA) is 99.5 Å². The van der Waals surface area contributed by atoms with E-state index in [9.17, 15) is 9.59 Å². The predicted octanol–water partition coefficient (Wildman–Crippen LogP) is -0.814. The zero-order chi connectivity index (χ0) is 12.0. The van der Waals surface area contributed by atoms with Crippen LogP contribution < -0.4 is 5.32 Å². The van der Waals surface area contributed by atoms with E-state index in [0.29, 0.717) is 5.69 Å². The number of nitrogens with zero attached hydrogens (tertiary/aromatic N) is 1. The average molecular weight is 224 g/mol. The zero-order valence-electron chi connectivity index (χ0n) is 8.46. The number of amides is 1. The number of hydrogen-bond acceptors (Lipinski definition) is 4. The first-order valence-corrected chi connectivity index (χ1v) is 4.66. The third-order valence-corrected chi connectivity index (χ3v) is 1.88. The summed E-state index contributed by atoms with van der Waals surface area (Å²) in [5, 5.41) is 19.5. The summed E-state index contributed by atoms with van der Waals surface area (Å²) >= 11 is 0. The van der Waals surface area contributed by atoms with Gasteiger partial charge >= 0.3 is 5.97 Å². The molecule has 3 N–H and O–H groups in total. The maximum Gasteiger partial charge on any atom is 0.328 e. The van der Waals surface area contributed by atoms with E-state index in [1.54, 1.807) is 24.4 Å². The Hall–Kier alpha value is -1.95. The van der Waals surface area contributed by atoms with Gasteiger partial charge in [-0.3, -0.25) is 9.78 Å². The number of nitrogens with one attached hydrogen (secondary N) is 1. The lowest BCUT2D eigenvalue weighted by molar-refractivity contribution is -0.142. The fraction of sp³-hybridized carbons (Fsp3) is 0.300. The van der Waals surface area contributed by atoms with Crippen molar-refractivity contribution in [1.82, 2.24) is 10.3 Å². The molecular weight excluding hydrogens is 212 g/mol. The van der Waals surface area contributed by atoms with Crippen LogP contribution in [0, 0.1) is 0 Å². The molecular formula is C10H12N2O4. The number of rotatable bonds is 5. The first-order chi connectivity index (χ1) is 7.63. The quantitative estimate of drug-likeness (QED) is 0.607. The van der Waals surface area contributed by atoms with E-state index in [0.717, 1.165) is 0 Å². The normalized spacial score (nSPS) is 11.8. The Morgan fingerprint density at radius 1 is 1.44 bits per heavy atom. The summed E-state index contributed by atoms with van der Waals surface area (Å²) in [6.07, 6.45) is 1.54. The van der Waals surface area contributed by atoms with Crippen LogP contribution in [0.1, 0.15) is 5.69 Å². The molecule has 86 valence electrons. The molecule has 1 rings (SSSR count). The van der Waals surface area contributed by atoms with Crippen LogP contribution >= 0.6 is 0 Å². The SMILES string of the molecule is O=C(Cc1ccccn1)N[C@H](CO)C(=O)O. The van der Waals surface area contributed by atoms with E-state index in [-0.39, 0.29) is 6.42 Å². The van der Waals surface area contributed by atoms with Gasteiger partial charge in [-0.15, -0.1) is 0 Å². The second-order valence-electron chi connectivity index (χ2n) is 3.14. The fourth-order valence-electron chi connectivity index (χ4n) is 1.10. The number of pyridine rings is 1. The first-order valence-electron chi connectivity index (χ1n) is 4.66. The lowest BCUT2D eigenvalue weighted by atomic mass is 10.2. The molecule has 6 nitrogen and oxygen atoms in total. The van der Waals surface area contributed by atoms with E-state index in [1.807, 2.05) is 0 Å². The third kappa shape index (κ3) is 3.66. The largest absolute Gasteiger partial charge is 0.480 e. The molecule has 0 bridgehead atoms. The number of hydrogen-bond donors (Lipinski definition) is 3. The van der Waals surface area contributed by atoms with Crippen molar-refractivity contribution in [2.75, 3.05) is 6.61 Å². The van der Waals surface area contributed by atoms with Gasteiger partial charge in [-0.1, -0.05) is 6.07 Å². The number of aliphatic hydroxyl groups excluding tert-OH is 1. The maximum atomic E-state index is 11.4. The molecule has 0 unspecified atom stereocenters. The van der Waals surface area contributed by atoms with Crippen molar-refractivity contribution in [3.63, 3.8) is 0 Å². The summed E-state index contributed by atoms with van der Waals surface area (Å²) in [5.41, 5.74) is 0.544. The van der Waals surface area contributed by atoms with Crippen LogP contribution in [0.4, 0.5) is 0 Å². The van der Waals surface area contributed by atoms with Crippen molar-refractivity contribution in [3.05, 3.63) is 30.1 Å². The van der Waals surface area contributed by atoms with Crippen LogP contribution in [0.3, 0.4) is 0 Å². The van der Waals surface area contributed by atoms with Gasteiger partial charge in [0.15, 0.2) is 0 Å². The number of carbonyl (C=O) groups is 2. The number of carbonyl (C=O) groups excluding carboxylic acids is 1. The van der Waals surface area contributed by atoms with E-state index >= 15 is 0 Å². The molecule has 0 aliphatic carbocycles. The number of aliphatic carboxylic acids is 1. The van der Waals surface area contributed by atoms with Gasteiger partial charge in [0.25, 0.3) is 0 Å². The van der Waals surface area contributed by atoms with Gasteiger partial charge in [0.05, 0.1) is 13.0 Å². The Balaban J connectivity index is 2.50. The lowest BCUT2D eigenvalue weighted by Crippen LogP contribution is -2.44. The van der Waals surface area contributed by atoms with Gasteiger partial charge in [0.2, 0.25) is 5.91 Å². The molecule has 0 aliphatic heterocycles. The molecule has 1 heterocycles. The Labute approximate surface area is 91.9 Å². The fourth-order valence-corrected chi connectivity index (χ4v) is 1.10. The standard InChI is InChI=1S/C10H12N2O4/c13-6-8(10(15)16)12-9(14)5-7-3-1-2-4-11-7/h1-4,8,13H,5-6H2,(H,12,14)(H,15,16)/t8-/m1/s1. The minimum Gasteiger partial charge on any atom is -0.480 e. The Morgan fingerprint density at radius 2 is 2.19 bits per heavy atom. The highest BCUT2D eigenvalue weighted by molar-refractivity contribution is 5.84. The number of aromatic nitrogens is 1. The highest BCUT2D eigenvalue weighted by atomic mass is 16.4. The Morgan fingerprint density at radius 3 is 2.69 bits per heavy atom. The van der Waals surface area contributed by atoms with Crippen LogP contribution in [0.25, 0.3) is 0 Å². The molecule has 0 aliphatic rings. The summed E-state index contributed by atoms with van der Waals surface area (Å²) < 4.78 is 0. The molecule has 0 fully saturated rings. The Kier molecular flexibility index (Phi) is 4.41. The molecule has 0 saturated carbocycles. The minimum absolute atomic E-state index is 0.00931. The van der Waals surface area contributed by atoms with Crippen molar-refractivity contribution >= 4 is 11.9 Å². The highest BCUT2D eigenvalue weighted by Crippen LogP contribution is 1.95. The van der Waals surface area contributed by atoms with Crippen molar-refractivity contribution < 1.29 is 19.8 Å². The molecule has 16 heavy (non-hydrogen) atoms. The maximum absolute atomic E-state index is 11.4. The molecule has 1 amide bonds. The summed E-state index contributed by atoms with van der Waals surface area (Å²) in [7, 11) is 0. The monoisotopic (exact) mass is 224 g/mol. The second-order valence-corrected chi connectivity index (χ2v) is 3.14. The average Bonchev–Trinajstić information content (AvgIpc) is 2.27. The highest BCUT2D eigenvalue weighted by Gasteiger charge is 2.18. The molecule has 0 spiro atoms. The smallest absolute Gasteiger partial charge is 0.328 e. The van der Waals surface area contributed by atoms with Crippen LogP contribution in [-0.2, 0) is 16.0 Å².